The molecular weight excluding hydrogens is 377 g/mol. The molecule has 5 nitrogen and oxygen atoms in total. The van der Waals surface area contributed by atoms with E-state index in [1.165, 1.54) is 70.6 Å². The number of carbonyl (C=O) groups excluding carboxylic acids is 1. The molecule has 7 heteroatoms. The van der Waals surface area contributed by atoms with Crippen molar-refractivity contribution < 1.29 is 69.7 Å². The number of nitrogens with one attached hydrogen (secondary N) is 1. The van der Waals surface area contributed by atoms with Crippen molar-refractivity contribution >= 4 is 16.0 Å². The summed E-state index contributed by atoms with van der Waals surface area (Å²) in [5.74, 6) is -1.16. The van der Waals surface area contributed by atoms with E-state index in [1.807, 2.05) is 0 Å². The fourth-order valence-electron chi connectivity index (χ4n) is 2.87. The second-order valence-corrected chi connectivity index (χ2v) is 8.86. The number of hydrogen-bond acceptors (Lipinski definition) is 4. The minimum Gasteiger partial charge on any atom is -0.550 e. The number of carboxylic acid groups (broad SMARTS) is 1. The van der Waals surface area contributed by atoms with Gasteiger partial charge in [-0.25, -0.2) is 13.1 Å². The molecule has 0 heterocycles. The predicted molar refractivity (Wildman–Crippen MR) is 102 cm³/mol. The number of hydrogen-bond donors (Lipinski definition) is 1. The van der Waals surface area contributed by atoms with Gasteiger partial charge in [0.25, 0.3) is 0 Å². The van der Waals surface area contributed by atoms with Crippen molar-refractivity contribution in [2.75, 3.05) is 12.3 Å². The molecule has 0 rings (SSSR count). The topological polar surface area (TPSA) is 86.3 Å². The van der Waals surface area contributed by atoms with Crippen LogP contribution in [0.25, 0.3) is 0 Å². The molecule has 0 aromatic heterocycles. The summed E-state index contributed by atoms with van der Waals surface area (Å²) in [6.45, 7) is 2.17. The molecule has 0 bridgehead atoms. The first-order valence-corrected chi connectivity index (χ1v) is 11.8. The third-order valence-electron chi connectivity index (χ3n) is 4.42. The molecule has 0 saturated heterocycles. The third kappa shape index (κ3) is 23.1. The number of carboxylic acids is 1. The van der Waals surface area contributed by atoms with Gasteiger partial charge in [-0.15, -0.1) is 0 Å². The van der Waals surface area contributed by atoms with Gasteiger partial charge in [0.1, 0.15) is 0 Å². The van der Waals surface area contributed by atoms with Gasteiger partial charge in [0.2, 0.25) is 10.0 Å². The van der Waals surface area contributed by atoms with Crippen LogP contribution >= 0.6 is 0 Å². The summed E-state index contributed by atoms with van der Waals surface area (Å²) in [6, 6.07) is 0. The smallest absolute Gasteiger partial charge is 0.550 e. The Bertz CT molecular complexity index is 416. The van der Waals surface area contributed by atoms with E-state index in [-0.39, 0.29) is 70.1 Å². The molecule has 0 aromatic carbocycles. The summed E-state index contributed by atoms with van der Waals surface area (Å²) in [7, 11) is -3.33. The summed E-state index contributed by atoms with van der Waals surface area (Å²) in [5.41, 5.74) is 0. The maximum Gasteiger partial charge on any atom is 1.00 e. The summed E-state index contributed by atoms with van der Waals surface area (Å²) < 4.78 is 25.5. The van der Waals surface area contributed by atoms with Crippen molar-refractivity contribution in [3.63, 3.8) is 0 Å². The van der Waals surface area contributed by atoms with E-state index in [0.29, 0.717) is 6.42 Å². The summed E-state index contributed by atoms with van der Waals surface area (Å²) in [5, 5.41) is 10.2. The van der Waals surface area contributed by atoms with Gasteiger partial charge in [-0.2, -0.15) is 0 Å². The number of carbonyl (C=O) groups is 1. The van der Waals surface area contributed by atoms with Gasteiger partial charge >= 0.3 is 51.4 Å². The fourth-order valence-corrected chi connectivity index (χ4v) is 4.01. The quantitative estimate of drug-likeness (QED) is 0.246. The molecule has 0 aliphatic heterocycles. The second-order valence-electron chi connectivity index (χ2n) is 6.93. The van der Waals surface area contributed by atoms with Crippen LogP contribution in [0.5, 0.6) is 0 Å². The molecule has 1 N–H and O–H groups in total. The van der Waals surface area contributed by atoms with E-state index in [9.17, 15) is 18.3 Å². The second kappa shape index (κ2) is 20.7. The maximum absolute atomic E-state index is 11.6. The van der Waals surface area contributed by atoms with E-state index >= 15 is 0 Å². The molecule has 0 spiro atoms. The summed E-state index contributed by atoms with van der Waals surface area (Å²) >= 11 is 0. The predicted octanol–water partition coefficient (Wildman–Crippen LogP) is 0.531. The van der Waals surface area contributed by atoms with Gasteiger partial charge in [-0.1, -0.05) is 90.4 Å². The van der Waals surface area contributed by atoms with E-state index in [1.54, 1.807) is 0 Å². The van der Waals surface area contributed by atoms with Crippen LogP contribution in [0.15, 0.2) is 0 Å². The third-order valence-corrected chi connectivity index (χ3v) is 5.89. The zero-order chi connectivity index (χ0) is 18.8. The average molecular weight is 416 g/mol. The first kappa shape index (κ1) is 29.2. The van der Waals surface area contributed by atoms with Crippen molar-refractivity contribution in [1.29, 1.82) is 0 Å². The molecule has 0 aliphatic rings. The van der Waals surface area contributed by atoms with Crippen LogP contribution in [0.1, 0.15) is 103 Å². The van der Waals surface area contributed by atoms with Gasteiger partial charge < -0.3 is 9.90 Å². The van der Waals surface area contributed by atoms with E-state index in [0.717, 1.165) is 12.8 Å². The fraction of sp³-hybridized carbons (Fsp3) is 0.947. The van der Waals surface area contributed by atoms with Crippen LogP contribution < -0.4 is 61.2 Å². The Balaban J connectivity index is 0. The SMILES string of the molecule is CCCCCCCCCCCCCCCCS(=O)(=O)NCCC(=O)[O-].[K+]. The minimum atomic E-state index is -3.33. The van der Waals surface area contributed by atoms with Crippen molar-refractivity contribution in [1.82, 2.24) is 4.72 Å². The molecule has 0 atom stereocenters. The molecular formula is C19H38KNO4S. The number of aliphatic carboxylic acids is 1. The van der Waals surface area contributed by atoms with Crippen LogP contribution in [-0.4, -0.2) is 26.7 Å². The summed E-state index contributed by atoms with van der Waals surface area (Å²) in [6.07, 6.45) is 16.9. The standard InChI is InChI=1S/C19H39NO4S.K/c1-2-3-4-5-6-7-8-9-10-11-12-13-14-15-18-25(23,24)20-17-16-19(21)22;/h20H,2-18H2,1H3,(H,21,22);/q;+1/p-1. The largest absolute Gasteiger partial charge is 1.00 e. The first-order valence-electron chi connectivity index (χ1n) is 10.1. The molecule has 0 fully saturated rings. The zero-order valence-electron chi connectivity index (χ0n) is 17.1. The molecule has 26 heavy (non-hydrogen) atoms. The normalized spacial score (nSPS) is 11.3. The van der Waals surface area contributed by atoms with Crippen molar-refractivity contribution in [3.8, 4) is 0 Å². The molecule has 0 unspecified atom stereocenters. The molecule has 0 amide bonds. The van der Waals surface area contributed by atoms with E-state index in [2.05, 4.69) is 11.6 Å². The van der Waals surface area contributed by atoms with E-state index < -0.39 is 16.0 Å². The van der Waals surface area contributed by atoms with Crippen molar-refractivity contribution in [2.45, 2.75) is 103 Å². The van der Waals surface area contributed by atoms with Gasteiger partial charge in [-0.3, -0.25) is 0 Å². The van der Waals surface area contributed by atoms with Crippen LogP contribution in [0.4, 0.5) is 0 Å². The van der Waals surface area contributed by atoms with Gasteiger partial charge in [0.15, 0.2) is 0 Å². The summed E-state index contributed by atoms with van der Waals surface area (Å²) in [4.78, 5) is 10.2. The molecule has 150 valence electrons. The Hall–Kier alpha value is 1.02. The zero-order valence-corrected chi connectivity index (χ0v) is 21.0. The maximum atomic E-state index is 11.6. The van der Waals surface area contributed by atoms with Crippen molar-refractivity contribution in [2.24, 2.45) is 0 Å². The van der Waals surface area contributed by atoms with E-state index in [4.69, 9.17) is 0 Å². The van der Waals surface area contributed by atoms with Crippen molar-refractivity contribution in [3.05, 3.63) is 0 Å². The van der Waals surface area contributed by atoms with Crippen LogP contribution in [0.3, 0.4) is 0 Å². The van der Waals surface area contributed by atoms with Crippen LogP contribution in [-0.2, 0) is 14.8 Å². The van der Waals surface area contributed by atoms with Crippen LogP contribution in [0.2, 0.25) is 0 Å². The number of sulfonamides is 1. The Morgan fingerprint density at radius 3 is 1.54 bits per heavy atom. The average Bonchev–Trinajstić information content (AvgIpc) is 2.54. The monoisotopic (exact) mass is 415 g/mol. The Kier molecular flexibility index (Phi) is 23.3. The molecule has 0 aliphatic carbocycles. The molecule has 0 aromatic rings. The minimum absolute atomic E-state index is 0. The number of unbranched alkanes of at least 4 members (excludes halogenated alkanes) is 13. The Labute approximate surface area is 203 Å². The Morgan fingerprint density at radius 1 is 0.769 bits per heavy atom. The first-order chi connectivity index (χ1) is 12.0. The van der Waals surface area contributed by atoms with Gasteiger partial charge in [0.05, 0.1) is 5.75 Å². The van der Waals surface area contributed by atoms with Gasteiger partial charge in [0, 0.05) is 18.9 Å². The molecule has 0 radical (unpaired) electrons. The Morgan fingerprint density at radius 2 is 1.15 bits per heavy atom. The molecule has 0 saturated carbocycles. The number of rotatable bonds is 19. The van der Waals surface area contributed by atoms with Crippen LogP contribution in [0, 0.1) is 0 Å². The van der Waals surface area contributed by atoms with Gasteiger partial charge in [-0.05, 0) is 6.42 Å².